The van der Waals surface area contributed by atoms with Crippen LogP contribution in [-0.4, -0.2) is 16.4 Å². The molecule has 0 saturated carbocycles. The van der Waals surface area contributed by atoms with E-state index in [0.717, 1.165) is 31.8 Å². The fourth-order valence-electron chi connectivity index (χ4n) is 2.13. The average Bonchev–Trinajstić information content (AvgIpc) is 2.89. The number of nitrogens with one attached hydrogen (secondary N) is 1. The van der Waals surface area contributed by atoms with Crippen LogP contribution in [0.4, 0.5) is 0 Å². The maximum Gasteiger partial charge on any atom is 0.119 e. The maximum atomic E-state index is 5.43. The van der Waals surface area contributed by atoms with Gasteiger partial charge in [0, 0.05) is 25.8 Å². The predicted molar refractivity (Wildman–Crippen MR) is 80.7 cm³/mol. The standard InChI is InChI=1S/C16H23N3O/c1-3-11-19-15(9-10-18-19)13-17-12-14-5-7-16(8-6-14)20-4-2/h5-10,17H,3-4,11-13H2,1-2H3. The number of rotatable bonds is 8. The molecule has 0 aliphatic heterocycles. The Hall–Kier alpha value is -1.81. The van der Waals surface area contributed by atoms with Gasteiger partial charge in [-0.25, -0.2) is 0 Å². The molecule has 0 aliphatic carbocycles. The predicted octanol–water partition coefficient (Wildman–Crippen LogP) is 2.98. The summed E-state index contributed by atoms with van der Waals surface area (Å²) in [5.74, 6) is 0.928. The van der Waals surface area contributed by atoms with E-state index >= 15 is 0 Å². The van der Waals surface area contributed by atoms with Gasteiger partial charge in [0.1, 0.15) is 5.75 Å². The van der Waals surface area contributed by atoms with Crippen molar-refractivity contribution in [1.82, 2.24) is 15.1 Å². The van der Waals surface area contributed by atoms with Crippen LogP contribution in [0.3, 0.4) is 0 Å². The van der Waals surface area contributed by atoms with Crippen LogP contribution in [0.15, 0.2) is 36.5 Å². The van der Waals surface area contributed by atoms with E-state index < -0.39 is 0 Å². The van der Waals surface area contributed by atoms with Crippen LogP contribution in [0, 0.1) is 0 Å². The molecule has 0 bridgehead atoms. The molecule has 2 rings (SSSR count). The van der Waals surface area contributed by atoms with Gasteiger partial charge >= 0.3 is 0 Å². The van der Waals surface area contributed by atoms with Crippen LogP contribution >= 0.6 is 0 Å². The fourth-order valence-corrected chi connectivity index (χ4v) is 2.13. The number of benzene rings is 1. The molecule has 0 radical (unpaired) electrons. The molecule has 0 saturated heterocycles. The van der Waals surface area contributed by atoms with Crippen LogP contribution < -0.4 is 10.1 Å². The number of aromatic nitrogens is 2. The SMILES string of the molecule is CCCn1nccc1CNCc1ccc(OCC)cc1. The molecular weight excluding hydrogens is 250 g/mol. The van der Waals surface area contributed by atoms with Gasteiger partial charge in [-0.3, -0.25) is 4.68 Å². The average molecular weight is 273 g/mol. The molecule has 1 heterocycles. The van der Waals surface area contributed by atoms with E-state index in [-0.39, 0.29) is 0 Å². The van der Waals surface area contributed by atoms with Crippen LogP contribution in [0.2, 0.25) is 0 Å². The molecule has 20 heavy (non-hydrogen) atoms. The van der Waals surface area contributed by atoms with Crippen molar-refractivity contribution in [3.8, 4) is 5.75 Å². The molecule has 0 atom stereocenters. The fraction of sp³-hybridized carbons (Fsp3) is 0.438. The van der Waals surface area contributed by atoms with Gasteiger partial charge in [0.15, 0.2) is 0 Å². The van der Waals surface area contributed by atoms with Gasteiger partial charge in [-0.15, -0.1) is 0 Å². The van der Waals surface area contributed by atoms with E-state index in [9.17, 15) is 0 Å². The Morgan fingerprint density at radius 3 is 2.60 bits per heavy atom. The lowest BCUT2D eigenvalue weighted by Gasteiger charge is -2.08. The van der Waals surface area contributed by atoms with Crippen molar-refractivity contribution in [3.63, 3.8) is 0 Å². The second-order valence-corrected chi connectivity index (χ2v) is 4.73. The first-order chi connectivity index (χ1) is 9.83. The number of aryl methyl sites for hydroxylation is 1. The van der Waals surface area contributed by atoms with Crippen molar-refractivity contribution in [2.75, 3.05) is 6.61 Å². The van der Waals surface area contributed by atoms with Crippen LogP contribution in [0.5, 0.6) is 5.75 Å². The Kier molecular flexibility index (Phi) is 5.62. The lowest BCUT2D eigenvalue weighted by atomic mass is 10.2. The summed E-state index contributed by atoms with van der Waals surface area (Å²) in [6, 6.07) is 10.3. The molecule has 2 aromatic rings. The van der Waals surface area contributed by atoms with Crippen molar-refractivity contribution in [1.29, 1.82) is 0 Å². The van der Waals surface area contributed by atoms with Crippen molar-refractivity contribution in [2.24, 2.45) is 0 Å². The van der Waals surface area contributed by atoms with Crippen molar-refractivity contribution < 1.29 is 4.74 Å². The smallest absolute Gasteiger partial charge is 0.119 e. The molecule has 0 fully saturated rings. The van der Waals surface area contributed by atoms with Crippen LogP contribution in [-0.2, 0) is 19.6 Å². The Balaban J connectivity index is 1.81. The molecule has 0 aliphatic rings. The molecule has 0 spiro atoms. The first kappa shape index (κ1) is 14.6. The minimum atomic E-state index is 0.707. The van der Waals surface area contributed by atoms with Crippen LogP contribution in [0.1, 0.15) is 31.5 Å². The Morgan fingerprint density at radius 2 is 1.90 bits per heavy atom. The highest BCUT2D eigenvalue weighted by Crippen LogP contribution is 2.12. The second-order valence-electron chi connectivity index (χ2n) is 4.73. The molecule has 0 unspecified atom stereocenters. The number of ether oxygens (including phenoxy) is 1. The summed E-state index contributed by atoms with van der Waals surface area (Å²) in [6.45, 7) is 7.54. The summed E-state index contributed by atoms with van der Waals surface area (Å²) in [4.78, 5) is 0. The lowest BCUT2D eigenvalue weighted by Crippen LogP contribution is -2.16. The van der Waals surface area contributed by atoms with Gasteiger partial charge in [0.25, 0.3) is 0 Å². The number of hydrogen-bond donors (Lipinski definition) is 1. The van der Waals surface area contributed by atoms with Crippen molar-refractivity contribution in [3.05, 3.63) is 47.8 Å². The quantitative estimate of drug-likeness (QED) is 0.803. The highest BCUT2D eigenvalue weighted by molar-refractivity contribution is 5.27. The summed E-state index contributed by atoms with van der Waals surface area (Å²) in [7, 11) is 0. The Morgan fingerprint density at radius 1 is 1.10 bits per heavy atom. The summed E-state index contributed by atoms with van der Waals surface area (Å²) >= 11 is 0. The van der Waals surface area contributed by atoms with Crippen molar-refractivity contribution >= 4 is 0 Å². The van der Waals surface area contributed by atoms with Gasteiger partial charge < -0.3 is 10.1 Å². The topological polar surface area (TPSA) is 39.1 Å². The minimum Gasteiger partial charge on any atom is -0.494 e. The van der Waals surface area contributed by atoms with Gasteiger partial charge in [0.05, 0.1) is 12.3 Å². The van der Waals surface area contributed by atoms with Gasteiger partial charge in [-0.05, 0) is 37.1 Å². The van der Waals surface area contributed by atoms with Gasteiger partial charge in [0.2, 0.25) is 0 Å². The second kappa shape index (κ2) is 7.70. The highest BCUT2D eigenvalue weighted by Gasteiger charge is 2.01. The van der Waals surface area contributed by atoms with Crippen molar-refractivity contribution in [2.45, 2.75) is 39.9 Å². The van der Waals surface area contributed by atoms with E-state index in [4.69, 9.17) is 4.74 Å². The van der Waals surface area contributed by atoms with Gasteiger partial charge in [-0.1, -0.05) is 19.1 Å². The molecule has 4 heteroatoms. The van der Waals surface area contributed by atoms with E-state index in [2.05, 4.69) is 40.2 Å². The normalized spacial score (nSPS) is 10.7. The lowest BCUT2D eigenvalue weighted by molar-refractivity contribution is 0.340. The molecule has 1 aromatic heterocycles. The Labute approximate surface area is 120 Å². The molecular formula is C16H23N3O. The first-order valence-electron chi connectivity index (χ1n) is 7.26. The Bertz CT molecular complexity index is 505. The summed E-state index contributed by atoms with van der Waals surface area (Å²) in [5, 5.41) is 7.78. The number of hydrogen-bond acceptors (Lipinski definition) is 3. The van der Waals surface area contributed by atoms with E-state index in [1.54, 1.807) is 0 Å². The third kappa shape index (κ3) is 4.10. The summed E-state index contributed by atoms with van der Waals surface area (Å²) in [6.07, 6.45) is 2.97. The van der Waals surface area contributed by atoms with Crippen LogP contribution in [0.25, 0.3) is 0 Å². The highest BCUT2D eigenvalue weighted by atomic mass is 16.5. The molecule has 1 aromatic carbocycles. The molecule has 0 amide bonds. The summed E-state index contributed by atoms with van der Waals surface area (Å²) in [5.41, 5.74) is 2.49. The largest absolute Gasteiger partial charge is 0.494 e. The maximum absolute atomic E-state index is 5.43. The van der Waals surface area contributed by atoms with E-state index in [1.165, 1.54) is 11.3 Å². The number of nitrogens with zero attached hydrogens (tertiary/aromatic N) is 2. The zero-order chi connectivity index (χ0) is 14.2. The third-order valence-corrected chi connectivity index (χ3v) is 3.11. The third-order valence-electron chi connectivity index (χ3n) is 3.11. The minimum absolute atomic E-state index is 0.707. The molecule has 1 N–H and O–H groups in total. The van der Waals surface area contributed by atoms with Gasteiger partial charge in [-0.2, -0.15) is 5.10 Å². The van der Waals surface area contributed by atoms with E-state index in [0.29, 0.717) is 6.61 Å². The zero-order valence-corrected chi connectivity index (χ0v) is 12.3. The molecule has 4 nitrogen and oxygen atoms in total. The monoisotopic (exact) mass is 273 g/mol. The molecule has 108 valence electrons. The van der Waals surface area contributed by atoms with E-state index in [1.807, 2.05) is 25.3 Å². The summed E-state index contributed by atoms with van der Waals surface area (Å²) < 4.78 is 7.50. The zero-order valence-electron chi connectivity index (χ0n) is 12.3. The first-order valence-corrected chi connectivity index (χ1v) is 7.26.